The fraction of sp³-hybridized carbons (Fsp3) is 0.968. The smallest absolute Gasteiger partial charge is 0.309 e. The number of aliphatic hydroxyl groups excluding tert-OH is 1. The van der Waals surface area contributed by atoms with E-state index in [1.54, 1.807) is 7.11 Å². The molecule has 0 aromatic rings. The first-order chi connectivity index (χ1) is 17.2. The summed E-state index contributed by atoms with van der Waals surface area (Å²) in [6.45, 7) is 13.6. The predicted octanol–water partition coefficient (Wildman–Crippen LogP) is 5.98. The lowest BCUT2D eigenvalue weighted by Crippen LogP contribution is -2.64. The Hall–Kier alpha value is -0.650. The van der Waals surface area contributed by atoms with E-state index in [1.807, 2.05) is 0 Å². The van der Waals surface area contributed by atoms with Crippen molar-refractivity contribution < 1.29 is 19.4 Å². The average Bonchev–Trinajstić information content (AvgIpc) is 3.18. The molecule has 0 heterocycles. The van der Waals surface area contributed by atoms with Gasteiger partial charge in [0.25, 0.3) is 0 Å². The van der Waals surface area contributed by atoms with Crippen molar-refractivity contribution in [2.24, 2.45) is 46.3 Å². The minimum Gasteiger partial charge on any atom is -0.469 e. The van der Waals surface area contributed by atoms with E-state index in [0.717, 1.165) is 51.7 Å². The second-order valence-corrected chi connectivity index (χ2v) is 13.8. The molecule has 0 radical (unpaired) electrons. The lowest BCUT2D eigenvalue weighted by molar-refractivity contribution is -0.183. The molecular formula is C31H55NO4. The zero-order valence-electron chi connectivity index (χ0n) is 24.1. The summed E-state index contributed by atoms with van der Waals surface area (Å²) in [5.41, 5.74) is 0.176. The summed E-state index contributed by atoms with van der Waals surface area (Å²) in [5.74, 6) is 3.05. The molecule has 10 atom stereocenters. The predicted molar refractivity (Wildman–Crippen MR) is 145 cm³/mol. The Morgan fingerprint density at radius 2 is 1.86 bits per heavy atom. The Morgan fingerprint density at radius 1 is 1.08 bits per heavy atom. The standard InChI is InChI=1S/C31H55NO4/c1-7-8-9-16-36-27-19-30(4)21(17-26(27)33)10-11-22-23-12-13-24(29(34)35-6)31(23,5)18-25(28(22)30)32-15-14-20(2)3/h20-28,32-33H,7-19H2,1-6H3/t21?,22-,23-,24?,25?,26?,27?,28-,30-,31-/m0/s1. The van der Waals surface area contributed by atoms with Crippen LogP contribution in [0.3, 0.4) is 0 Å². The third kappa shape index (κ3) is 5.27. The molecule has 5 heteroatoms. The summed E-state index contributed by atoms with van der Waals surface area (Å²) in [6.07, 6.45) is 11.7. The number of esters is 1. The van der Waals surface area contributed by atoms with Crippen molar-refractivity contribution in [1.82, 2.24) is 5.32 Å². The molecule has 0 saturated heterocycles. The van der Waals surface area contributed by atoms with Crippen LogP contribution in [0.25, 0.3) is 0 Å². The van der Waals surface area contributed by atoms with Crippen LogP contribution < -0.4 is 5.32 Å². The zero-order valence-corrected chi connectivity index (χ0v) is 24.1. The Balaban J connectivity index is 1.61. The number of carbonyl (C=O) groups excluding carboxylic acids is 1. The van der Waals surface area contributed by atoms with Crippen LogP contribution >= 0.6 is 0 Å². The van der Waals surface area contributed by atoms with Crippen LogP contribution in [0.5, 0.6) is 0 Å². The van der Waals surface area contributed by atoms with Crippen molar-refractivity contribution in [3.63, 3.8) is 0 Å². The van der Waals surface area contributed by atoms with E-state index in [4.69, 9.17) is 9.47 Å². The molecule has 208 valence electrons. The highest BCUT2D eigenvalue weighted by atomic mass is 16.5. The number of nitrogens with one attached hydrogen (secondary N) is 1. The third-order valence-corrected chi connectivity index (χ3v) is 11.3. The lowest BCUT2D eigenvalue weighted by Gasteiger charge is -2.64. The van der Waals surface area contributed by atoms with Gasteiger partial charge in [-0.1, -0.05) is 47.5 Å². The molecule has 4 fully saturated rings. The van der Waals surface area contributed by atoms with Crippen LogP contribution in [-0.2, 0) is 14.3 Å². The summed E-state index contributed by atoms with van der Waals surface area (Å²) in [6, 6.07) is 0.407. The van der Waals surface area contributed by atoms with Crippen molar-refractivity contribution >= 4 is 5.97 Å². The highest BCUT2D eigenvalue weighted by Crippen LogP contribution is 2.67. The zero-order chi connectivity index (χ0) is 26.1. The Kier molecular flexibility index (Phi) is 9.15. The van der Waals surface area contributed by atoms with E-state index >= 15 is 0 Å². The van der Waals surface area contributed by atoms with E-state index in [9.17, 15) is 9.90 Å². The quantitative estimate of drug-likeness (QED) is 0.282. The van der Waals surface area contributed by atoms with Crippen molar-refractivity contribution in [3.05, 3.63) is 0 Å². The highest BCUT2D eigenvalue weighted by molar-refractivity contribution is 5.74. The molecule has 0 bridgehead atoms. The summed E-state index contributed by atoms with van der Waals surface area (Å²) in [7, 11) is 1.56. The molecule has 0 amide bonds. The lowest BCUT2D eigenvalue weighted by atomic mass is 9.43. The molecule has 4 rings (SSSR count). The number of ether oxygens (including phenoxy) is 2. The van der Waals surface area contributed by atoms with Crippen molar-refractivity contribution in [3.8, 4) is 0 Å². The molecule has 0 aromatic heterocycles. The van der Waals surface area contributed by atoms with E-state index in [1.165, 1.54) is 32.1 Å². The maximum absolute atomic E-state index is 12.9. The van der Waals surface area contributed by atoms with E-state index in [0.29, 0.717) is 35.6 Å². The molecule has 4 saturated carbocycles. The van der Waals surface area contributed by atoms with Gasteiger partial charge in [0.15, 0.2) is 0 Å². The number of fused-ring (bicyclic) bond motifs is 5. The van der Waals surface area contributed by atoms with Crippen LogP contribution in [0.2, 0.25) is 0 Å². The molecule has 0 aromatic carbocycles. The molecule has 0 spiro atoms. The maximum Gasteiger partial charge on any atom is 0.309 e. The topological polar surface area (TPSA) is 67.8 Å². The van der Waals surface area contributed by atoms with E-state index < -0.39 is 0 Å². The van der Waals surface area contributed by atoms with Gasteiger partial charge in [-0.15, -0.1) is 0 Å². The molecule has 5 nitrogen and oxygen atoms in total. The minimum atomic E-state index is -0.336. The van der Waals surface area contributed by atoms with Gasteiger partial charge in [-0.05, 0) is 105 Å². The van der Waals surface area contributed by atoms with Crippen LogP contribution in [0.4, 0.5) is 0 Å². The van der Waals surface area contributed by atoms with Crippen LogP contribution in [0, 0.1) is 46.3 Å². The number of hydrogen-bond acceptors (Lipinski definition) is 5. The van der Waals surface area contributed by atoms with Gasteiger partial charge in [-0.25, -0.2) is 0 Å². The molecule has 36 heavy (non-hydrogen) atoms. The van der Waals surface area contributed by atoms with Gasteiger partial charge in [0, 0.05) is 12.6 Å². The normalized spacial score (nSPS) is 44.1. The van der Waals surface area contributed by atoms with Gasteiger partial charge >= 0.3 is 5.97 Å². The largest absolute Gasteiger partial charge is 0.469 e. The van der Waals surface area contributed by atoms with Crippen molar-refractivity contribution in [2.75, 3.05) is 20.3 Å². The second kappa shape index (κ2) is 11.6. The van der Waals surface area contributed by atoms with Crippen LogP contribution in [-0.4, -0.2) is 49.6 Å². The van der Waals surface area contributed by atoms with Crippen molar-refractivity contribution in [2.45, 2.75) is 123 Å². The van der Waals surface area contributed by atoms with Crippen LogP contribution in [0.1, 0.15) is 105 Å². The van der Waals surface area contributed by atoms with Gasteiger partial charge in [0.1, 0.15) is 0 Å². The average molecular weight is 506 g/mol. The number of unbranched alkanes of at least 4 members (excludes halogenated alkanes) is 2. The van der Waals surface area contributed by atoms with Gasteiger partial charge in [-0.3, -0.25) is 4.79 Å². The van der Waals surface area contributed by atoms with Gasteiger partial charge in [-0.2, -0.15) is 0 Å². The number of rotatable bonds is 10. The van der Waals surface area contributed by atoms with Gasteiger partial charge in [0.2, 0.25) is 0 Å². The molecule has 4 aliphatic rings. The number of carbonyl (C=O) groups is 1. The second-order valence-electron chi connectivity index (χ2n) is 13.8. The fourth-order valence-electron chi connectivity index (χ4n) is 9.48. The third-order valence-electron chi connectivity index (χ3n) is 11.3. The first-order valence-corrected chi connectivity index (χ1v) is 15.3. The highest BCUT2D eigenvalue weighted by Gasteiger charge is 2.65. The summed E-state index contributed by atoms with van der Waals surface area (Å²) < 4.78 is 11.7. The summed E-state index contributed by atoms with van der Waals surface area (Å²) >= 11 is 0. The summed E-state index contributed by atoms with van der Waals surface area (Å²) in [4.78, 5) is 12.9. The monoisotopic (exact) mass is 505 g/mol. The van der Waals surface area contributed by atoms with Crippen LogP contribution in [0.15, 0.2) is 0 Å². The molecule has 5 unspecified atom stereocenters. The Bertz CT molecular complexity index is 742. The van der Waals surface area contributed by atoms with Crippen molar-refractivity contribution in [1.29, 1.82) is 0 Å². The number of aliphatic hydroxyl groups is 1. The Labute approximate surface area is 220 Å². The molecular weight excluding hydrogens is 450 g/mol. The van der Waals surface area contributed by atoms with Gasteiger partial charge in [0.05, 0.1) is 25.2 Å². The molecule has 0 aliphatic heterocycles. The number of hydrogen-bond donors (Lipinski definition) is 2. The maximum atomic E-state index is 12.9. The Morgan fingerprint density at radius 3 is 2.56 bits per heavy atom. The summed E-state index contributed by atoms with van der Waals surface area (Å²) in [5, 5.41) is 15.1. The first-order valence-electron chi connectivity index (χ1n) is 15.3. The first kappa shape index (κ1) is 28.4. The van der Waals surface area contributed by atoms with Gasteiger partial charge < -0.3 is 19.9 Å². The molecule has 2 N–H and O–H groups in total. The minimum absolute atomic E-state index is 0.000565. The molecule has 4 aliphatic carbocycles. The SMILES string of the molecule is CCCCCOC1C[C@@]2(C)C(CC[C@@H]3[C@H]2C(NCCC(C)C)C[C@]2(C)C(C(=O)OC)CC[C@@H]32)CC1O. The fourth-order valence-corrected chi connectivity index (χ4v) is 9.48. The van der Waals surface area contributed by atoms with E-state index in [-0.39, 0.29) is 34.9 Å². The van der Waals surface area contributed by atoms with E-state index in [2.05, 4.69) is 39.9 Å². The number of methoxy groups -OCH3 is 1.